The lowest BCUT2D eigenvalue weighted by Crippen LogP contribution is -2.46. The maximum Gasteiger partial charge on any atom is 0.0718 e. The van der Waals surface area contributed by atoms with Gasteiger partial charge in [-0.05, 0) is 40.2 Å². The highest BCUT2D eigenvalue weighted by atomic mass is 16.3. The van der Waals surface area contributed by atoms with Crippen molar-refractivity contribution in [3.05, 3.63) is 0 Å². The van der Waals surface area contributed by atoms with Crippen molar-refractivity contribution in [1.29, 1.82) is 0 Å². The summed E-state index contributed by atoms with van der Waals surface area (Å²) >= 11 is 0. The van der Waals surface area contributed by atoms with Gasteiger partial charge < -0.3 is 15.7 Å². The fraction of sp³-hybridized carbons (Fsp3) is 1.00. The van der Waals surface area contributed by atoms with Crippen LogP contribution in [0.2, 0.25) is 0 Å². The van der Waals surface area contributed by atoms with E-state index >= 15 is 0 Å². The molecule has 0 spiro atoms. The topological polar surface area (TPSA) is 49.5 Å². The smallest absolute Gasteiger partial charge is 0.0718 e. The van der Waals surface area contributed by atoms with Crippen LogP contribution in [0.4, 0.5) is 0 Å². The molecule has 0 saturated heterocycles. The van der Waals surface area contributed by atoms with Gasteiger partial charge in [0.05, 0.1) is 5.60 Å². The lowest BCUT2D eigenvalue weighted by Gasteiger charge is -2.36. The van der Waals surface area contributed by atoms with E-state index in [0.29, 0.717) is 12.1 Å². The second-order valence-corrected chi connectivity index (χ2v) is 5.31. The molecule has 0 heterocycles. The second-order valence-electron chi connectivity index (χ2n) is 5.31. The van der Waals surface area contributed by atoms with Crippen LogP contribution in [-0.2, 0) is 0 Å². The van der Waals surface area contributed by atoms with E-state index in [4.69, 9.17) is 5.73 Å². The molecule has 0 aromatic rings. The molecule has 2 unspecified atom stereocenters. The molecule has 0 amide bonds. The van der Waals surface area contributed by atoms with Crippen LogP contribution >= 0.6 is 0 Å². The van der Waals surface area contributed by atoms with E-state index in [-0.39, 0.29) is 0 Å². The molecule has 1 rings (SSSR count). The van der Waals surface area contributed by atoms with Gasteiger partial charge in [0.25, 0.3) is 0 Å². The van der Waals surface area contributed by atoms with E-state index in [1.807, 2.05) is 13.8 Å². The Balaban J connectivity index is 2.39. The molecule has 84 valence electrons. The summed E-state index contributed by atoms with van der Waals surface area (Å²) in [5.74, 6) is 0. The van der Waals surface area contributed by atoms with Crippen molar-refractivity contribution in [3.63, 3.8) is 0 Å². The van der Waals surface area contributed by atoms with Crippen LogP contribution in [0.25, 0.3) is 0 Å². The van der Waals surface area contributed by atoms with Crippen molar-refractivity contribution < 1.29 is 5.11 Å². The first-order valence-corrected chi connectivity index (χ1v) is 5.57. The molecule has 3 heteroatoms. The lowest BCUT2D eigenvalue weighted by molar-refractivity contribution is 0.0240. The first-order chi connectivity index (χ1) is 6.38. The van der Waals surface area contributed by atoms with Crippen LogP contribution < -0.4 is 5.73 Å². The Morgan fingerprint density at radius 1 is 1.43 bits per heavy atom. The Morgan fingerprint density at radius 3 is 2.57 bits per heavy atom. The Hall–Kier alpha value is -0.120. The van der Waals surface area contributed by atoms with Crippen LogP contribution in [0, 0.1) is 0 Å². The van der Waals surface area contributed by atoms with Crippen molar-refractivity contribution in [2.24, 2.45) is 5.73 Å². The minimum Gasteiger partial charge on any atom is -0.389 e. The van der Waals surface area contributed by atoms with Gasteiger partial charge in [0, 0.05) is 18.6 Å². The van der Waals surface area contributed by atoms with Gasteiger partial charge >= 0.3 is 0 Å². The molecule has 0 aliphatic heterocycles. The van der Waals surface area contributed by atoms with Gasteiger partial charge in [-0.2, -0.15) is 0 Å². The van der Waals surface area contributed by atoms with Gasteiger partial charge in [-0.25, -0.2) is 0 Å². The monoisotopic (exact) mass is 200 g/mol. The first-order valence-electron chi connectivity index (χ1n) is 5.57. The quantitative estimate of drug-likeness (QED) is 0.713. The molecule has 0 radical (unpaired) electrons. The van der Waals surface area contributed by atoms with Gasteiger partial charge in [-0.3, -0.25) is 0 Å². The molecular formula is C11H24N2O. The van der Waals surface area contributed by atoms with E-state index < -0.39 is 5.60 Å². The average molecular weight is 200 g/mol. The highest BCUT2D eigenvalue weighted by Gasteiger charge is 2.25. The molecule has 1 fully saturated rings. The number of hydrogen-bond acceptors (Lipinski definition) is 3. The van der Waals surface area contributed by atoms with Crippen molar-refractivity contribution in [1.82, 2.24) is 4.90 Å². The fourth-order valence-corrected chi connectivity index (χ4v) is 2.34. The number of aliphatic hydroxyl groups is 1. The van der Waals surface area contributed by atoms with Crippen LogP contribution in [0.3, 0.4) is 0 Å². The summed E-state index contributed by atoms with van der Waals surface area (Å²) in [6.45, 7) is 4.43. The van der Waals surface area contributed by atoms with Gasteiger partial charge in [-0.15, -0.1) is 0 Å². The van der Waals surface area contributed by atoms with Crippen LogP contribution in [-0.4, -0.2) is 41.3 Å². The van der Waals surface area contributed by atoms with Crippen molar-refractivity contribution >= 4 is 0 Å². The first kappa shape index (κ1) is 12.0. The van der Waals surface area contributed by atoms with E-state index in [1.54, 1.807) is 0 Å². The zero-order chi connectivity index (χ0) is 10.8. The molecule has 1 aliphatic carbocycles. The van der Waals surface area contributed by atoms with Gasteiger partial charge in [0.2, 0.25) is 0 Å². The summed E-state index contributed by atoms with van der Waals surface area (Å²) in [5.41, 5.74) is 5.34. The third-order valence-electron chi connectivity index (χ3n) is 2.95. The molecule has 0 bridgehead atoms. The Bertz CT molecular complexity index is 177. The summed E-state index contributed by atoms with van der Waals surface area (Å²) in [6.07, 6.45) is 4.68. The maximum atomic E-state index is 9.71. The summed E-state index contributed by atoms with van der Waals surface area (Å²) in [5, 5.41) is 9.71. The number of nitrogens with two attached hydrogens (primary N) is 1. The van der Waals surface area contributed by atoms with Crippen LogP contribution in [0.15, 0.2) is 0 Å². The summed E-state index contributed by atoms with van der Waals surface area (Å²) in [7, 11) is 2.08. The van der Waals surface area contributed by atoms with Crippen LogP contribution in [0.5, 0.6) is 0 Å². The average Bonchev–Trinajstić information content (AvgIpc) is 2.01. The highest BCUT2D eigenvalue weighted by Crippen LogP contribution is 2.22. The Labute approximate surface area is 87.3 Å². The minimum atomic E-state index is -0.601. The summed E-state index contributed by atoms with van der Waals surface area (Å²) in [6, 6.07) is 0.920. The summed E-state index contributed by atoms with van der Waals surface area (Å²) in [4.78, 5) is 2.25. The molecule has 0 aromatic carbocycles. The van der Waals surface area contributed by atoms with Crippen molar-refractivity contribution in [2.45, 2.75) is 57.2 Å². The van der Waals surface area contributed by atoms with Crippen molar-refractivity contribution in [3.8, 4) is 0 Å². The predicted molar refractivity (Wildman–Crippen MR) is 59.2 cm³/mol. The third kappa shape index (κ3) is 3.95. The molecular weight excluding hydrogens is 176 g/mol. The van der Waals surface area contributed by atoms with E-state index in [2.05, 4.69) is 11.9 Å². The lowest BCUT2D eigenvalue weighted by atomic mass is 9.90. The number of likely N-dealkylation sites (N-methyl/N-ethyl adjacent to an activating group) is 1. The van der Waals surface area contributed by atoms with E-state index in [0.717, 1.165) is 19.4 Å². The second kappa shape index (κ2) is 4.60. The van der Waals surface area contributed by atoms with Crippen LogP contribution in [0.1, 0.15) is 39.5 Å². The van der Waals surface area contributed by atoms with Gasteiger partial charge in [0.1, 0.15) is 0 Å². The van der Waals surface area contributed by atoms with Gasteiger partial charge in [0.15, 0.2) is 0 Å². The standard InChI is InChI=1S/C11H24N2O/c1-11(2,14)8-13(3)10-6-4-5-9(12)7-10/h9-10,14H,4-8,12H2,1-3H3. The minimum absolute atomic E-state index is 0.359. The van der Waals surface area contributed by atoms with Crippen molar-refractivity contribution in [2.75, 3.05) is 13.6 Å². The number of nitrogens with zero attached hydrogens (tertiary/aromatic N) is 1. The van der Waals surface area contributed by atoms with E-state index in [1.165, 1.54) is 12.8 Å². The molecule has 1 saturated carbocycles. The maximum absolute atomic E-state index is 9.71. The summed E-state index contributed by atoms with van der Waals surface area (Å²) < 4.78 is 0. The fourth-order valence-electron chi connectivity index (χ4n) is 2.34. The number of rotatable bonds is 3. The molecule has 2 atom stereocenters. The van der Waals surface area contributed by atoms with E-state index in [9.17, 15) is 5.11 Å². The molecule has 0 aromatic heterocycles. The number of hydrogen-bond donors (Lipinski definition) is 2. The molecule has 14 heavy (non-hydrogen) atoms. The predicted octanol–water partition coefficient (Wildman–Crippen LogP) is 0.959. The SMILES string of the molecule is CN(CC(C)(C)O)C1CCCC(N)C1. The molecule has 1 aliphatic rings. The zero-order valence-electron chi connectivity index (χ0n) is 9.66. The zero-order valence-corrected chi connectivity index (χ0v) is 9.66. The van der Waals surface area contributed by atoms with Gasteiger partial charge in [-0.1, -0.05) is 6.42 Å². The molecule has 3 N–H and O–H groups in total. The Morgan fingerprint density at radius 2 is 2.07 bits per heavy atom. The highest BCUT2D eigenvalue weighted by molar-refractivity contribution is 4.83. The largest absolute Gasteiger partial charge is 0.389 e. The Kier molecular flexibility index (Phi) is 3.93. The normalized spacial score (nSPS) is 29.6. The molecule has 3 nitrogen and oxygen atoms in total. The third-order valence-corrected chi connectivity index (χ3v) is 2.95.